The van der Waals surface area contributed by atoms with Crippen molar-refractivity contribution in [1.29, 1.82) is 0 Å². The first-order chi connectivity index (χ1) is 15.0. The SMILES string of the molecule is CC(=O)N1CC=C(c2cc(Cn3cnc4c(N)ncnc43)c3[nH]c(CN)cc3c2)CC1. The van der Waals surface area contributed by atoms with E-state index in [9.17, 15) is 4.79 Å². The molecule has 1 aliphatic rings. The van der Waals surface area contributed by atoms with Gasteiger partial charge in [-0.15, -0.1) is 0 Å². The predicted molar refractivity (Wildman–Crippen MR) is 120 cm³/mol. The molecule has 1 aliphatic heterocycles. The zero-order chi connectivity index (χ0) is 21.5. The van der Waals surface area contributed by atoms with Crippen LogP contribution in [-0.2, 0) is 17.9 Å². The smallest absolute Gasteiger partial charge is 0.219 e. The monoisotopic (exact) mass is 416 g/mol. The predicted octanol–water partition coefficient (Wildman–Crippen LogP) is 2.03. The molecule has 0 saturated carbocycles. The number of nitrogen functional groups attached to an aromatic ring is 1. The first-order valence-electron chi connectivity index (χ1n) is 10.2. The number of aromatic nitrogens is 5. The number of nitrogens with zero attached hydrogens (tertiary/aromatic N) is 5. The molecule has 9 nitrogen and oxygen atoms in total. The molecule has 1 amide bonds. The first-order valence-corrected chi connectivity index (χ1v) is 10.2. The van der Waals surface area contributed by atoms with Crippen LogP contribution in [-0.4, -0.2) is 48.4 Å². The average Bonchev–Trinajstić information content (AvgIpc) is 3.39. The second-order valence-electron chi connectivity index (χ2n) is 7.85. The Kier molecular flexibility index (Phi) is 4.67. The molecule has 0 unspecified atom stereocenters. The molecule has 4 aromatic rings. The van der Waals surface area contributed by atoms with Gasteiger partial charge in [-0.1, -0.05) is 6.08 Å². The standard InChI is InChI=1S/C22H24N8O/c1-13(31)29-4-2-14(3-5-29)15-6-16-8-18(9-23)28-19(16)17(7-15)10-30-12-27-20-21(24)25-11-26-22(20)30/h2,6-8,11-12,28H,3-5,9-10,23H2,1H3,(H2,24,25,26). The van der Waals surface area contributed by atoms with Gasteiger partial charge in [-0.05, 0) is 41.3 Å². The molecule has 0 spiro atoms. The number of hydrogen-bond donors (Lipinski definition) is 3. The van der Waals surface area contributed by atoms with Gasteiger partial charge in [-0.2, -0.15) is 0 Å². The lowest BCUT2D eigenvalue weighted by Crippen LogP contribution is -2.32. The molecule has 5 N–H and O–H groups in total. The molecule has 0 saturated heterocycles. The maximum atomic E-state index is 11.7. The van der Waals surface area contributed by atoms with Crippen LogP contribution in [0.4, 0.5) is 5.82 Å². The first kappa shape index (κ1) is 19.3. The van der Waals surface area contributed by atoms with Gasteiger partial charge in [0.05, 0.1) is 18.4 Å². The number of carbonyl (C=O) groups is 1. The number of carbonyl (C=O) groups excluding carboxylic acids is 1. The minimum absolute atomic E-state index is 0.109. The molecular weight excluding hydrogens is 392 g/mol. The van der Waals surface area contributed by atoms with Crippen molar-refractivity contribution >= 4 is 39.4 Å². The van der Waals surface area contributed by atoms with E-state index in [0.29, 0.717) is 36.6 Å². The molecule has 9 heteroatoms. The summed E-state index contributed by atoms with van der Waals surface area (Å²) in [6.45, 7) is 4.01. The number of benzene rings is 1. The highest BCUT2D eigenvalue weighted by Gasteiger charge is 2.17. The highest BCUT2D eigenvalue weighted by atomic mass is 16.2. The van der Waals surface area contributed by atoms with Gasteiger partial charge in [-0.25, -0.2) is 15.0 Å². The molecule has 5 rings (SSSR count). The molecule has 0 fully saturated rings. The van der Waals surface area contributed by atoms with Crippen LogP contribution >= 0.6 is 0 Å². The van der Waals surface area contributed by atoms with Gasteiger partial charge in [0.15, 0.2) is 11.5 Å². The summed E-state index contributed by atoms with van der Waals surface area (Å²) in [7, 11) is 0. The molecule has 0 aliphatic carbocycles. The number of anilines is 1. The summed E-state index contributed by atoms with van der Waals surface area (Å²) in [6.07, 6.45) is 6.17. The molecule has 31 heavy (non-hydrogen) atoms. The summed E-state index contributed by atoms with van der Waals surface area (Å²) < 4.78 is 1.97. The number of nitrogens with two attached hydrogens (primary N) is 2. The Morgan fingerprint density at radius 1 is 1.23 bits per heavy atom. The summed E-state index contributed by atoms with van der Waals surface area (Å²) in [4.78, 5) is 29.7. The van der Waals surface area contributed by atoms with E-state index in [1.54, 1.807) is 13.3 Å². The van der Waals surface area contributed by atoms with Crippen LogP contribution in [0.2, 0.25) is 0 Å². The molecule has 0 atom stereocenters. The lowest BCUT2D eigenvalue weighted by molar-refractivity contribution is -0.128. The van der Waals surface area contributed by atoms with Crippen molar-refractivity contribution in [2.45, 2.75) is 26.4 Å². The normalized spacial score (nSPS) is 14.4. The van der Waals surface area contributed by atoms with Crippen LogP contribution in [0.1, 0.15) is 30.2 Å². The molecule has 4 heterocycles. The Hall–Kier alpha value is -3.72. The largest absolute Gasteiger partial charge is 0.382 e. The van der Waals surface area contributed by atoms with Crippen LogP contribution in [0.25, 0.3) is 27.6 Å². The van der Waals surface area contributed by atoms with Crippen LogP contribution in [0.5, 0.6) is 0 Å². The number of imidazole rings is 1. The van der Waals surface area contributed by atoms with Crippen LogP contribution in [0.15, 0.2) is 36.9 Å². The number of aromatic amines is 1. The van der Waals surface area contributed by atoms with E-state index >= 15 is 0 Å². The fourth-order valence-corrected chi connectivity index (χ4v) is 4.21. The maximum Gasteiger partial charge on any atom is 0.219 e. The zero-order valence-electron chi connectivity index (χ0n) is 17.3. The third kappa shape index (κ3) is 3.42. The fraction of sp³-hybridized carbons (Fsp3) is 0.273. The molecular formula is C22H24N8O. The van der Waals surface area contributed by atoms with Gasteiger partial charge >= 0.3 is 0 Å². The lowest BCUT2D eigenvalue weighted by atomic mass is 9.96. The van der Waals surface area contributed by atoms with Crippen molar-refractivity contribution in [3.63, 3.8) is 0 Å². The second-order valence-corrected chi connectivity index (χ2v) is 7.85. The highest BCUT2D eigenvalue weighted by molar-refractivity contribution is 5.88. The molecule has 3 aromatic heterocycles. The van der Waals surface area contributed by atoms with Crippen LogP contribution in [0.3, 0.4) is 0 Å². The summed E-state index contributed by atoms with van der Waals surface area (Å²) in [5.41, 5.74) is 18.7. The van der Waals surface area contributed by atoms with Gasteiger partial charge in [0, 0.05) is 37.6 Å². The summed E-state index contributed by atoms with van der Waals surface area (Å²) in [5.74, 6) is 0.480. The number of H-pyrrole nitrogens is 1. The van der Waals surface area contributed by atoms with E-state index in [1.807, 2.05) is 9.47 Å². The third-order valence-corrected chi connectivity index (χ3v) is 5.88. The van der Waals surface area contributed by atoms with Crippen molar-refractivity contribution < 1.29 is 4.79 Å². The van der Waals surface area contributed by atoms with E-state index < -0.39 is 0 Å². The molecule has 1 aromatic carbocycles. The van der Waals surface area contributed by atoms with Crippen molar-refractivity contribution in [2.75, 3.05) is 18.8 Å². The van der Waals surface area contributed by atoms with Gasteiger partial charge in [0.2, 0.25) is 5.91 Å². The number of amides is 1. The minimum atomic E-state index is 0.109. The Morgan fingerprint density at radius 3 is 2.84 bits per heavy atom. The summed E-state index contributed by atoms with van der Waals surface area (Å²) in [6, 6.07) is 6.49. The maximum absolute atomic E-state index is 11.7. The van der Waals surface area contributed by atoms with E-state index in [1.165, 1.54) is 11.9 Å². The number of hydrogen-bond acceptors (Lipinski definition) is 6. The number of nitrogens with one attached hydrogen (secondary N) is 1. The van der Waals surface area contributed by atoms with Gasteiger partial charge in [0.25, 0.3) is 0 Å². The average molecular weight is 416 g/mol. The van der Waals surface area contributed by atoms with Crippen molar-refractivity contribution in [3.05, 3.63) is 53.8 Å². The summed E-state index contributed by atoms with van der Waals surface area (Å²) >= 11 is 0. The van der Waals surface area contributed by atoms with Gasteiger partial charge in [-0.3, -0.25) is 4.79 Å². The van der Waals surface area contributed by atoms with E-state index in [2.05, 4.69) is 44.2 Å². The lowest BCUT2D eigenvalue weighted by Gasteiger charge is -2.25. The molecule has 158 valence electrons. The Morgan fingerprint density at radius 2 is 2.10 bits per heavy atom. The van der Waals surface area contributed by atoms with Crippen molar-refractivity contribution in [1.82, 2.24) is 29.4 Å². The Balaban J connectivity index is 1.58. The van der Waals surface area contributed by atoms with Crippen LogP contribution < -0.4 is 11.5 Å². The fourth-order valence-electron chi connectivity index (χ4n) is 4.21. The van der Waals surface area contributed by atoms with E-state index in [4.69, 9.17) is 11.5 Å². The second kappa shape index (κ2) is 7.51. The Labute approximate surface area is 178 Å². The van der Waals surface area contributed by atoms with Gasteiger partial charge in [0.1, 0.15) is 11.8 Å². The minimum Gasteiger partial charge on any atom is -0.382 e. The quantitative estimate of drug-likeness (QED) is 0.466. The topological polar surface area (TPSA) is 132 Å². The number of fused-ring (bicyclic) bond motifs is 2. The molecule has 0 bridgehead atoms. The molecule has 0 radical (unpaired) electrons. The van der Waals surface area contributed by atoms with Crippen LogP contribution in [0, 0.1) is 0 Å². The number of rotatable bonds is 4. The highest BCUT2D eigenvalue weighted by Crippen LogP contribution is 2.30. The van der Waals surface area contributed by atoms with Crippen molar-refractivity contribution in [3.8, 4) is 0 Å². The zero-order valence-corrected chi connectivity index (χ0v) is 17.3. The van der Waals surface area contributed by atoms with Gasteiger partial charge < -0.3 is 25.9 Å². The van der Waals surface area contributed by atoms with E-state index in [0.717, 1.165) is 40.7 Å². The third-order valence-electron chi connectivity index (χ3n) is 5.88. The van der Waals surface area contributed by atoms with Crippen molar-refractivity contribution in [2.24, 2.45) is 5.73 Å². The Bertz CT molecular complexity index is 1330. The van der Waals surface area contributed by atoms with E-state index in [-0.39, 0.29) is 5.91 Å². The summed E-state index contributed by atoms with van der Waals surface area (Å²) in [5, 5.41) is 1.11.